The summed E-state index contributed by atoms with van der Waals surface area (Å²) in [5, 5.41) is 3.26. The predicted octanol–water partition coefficient (Wildman–Crippen LogP) is 3.22. The Kier molecular flexibility index (Phi) is 4.34. The van der Waals surface area contributed by atoms with Crippen molar-refractivity contribution in [1.29, 1.82) is 0 Å². The summed E-state index contributed by atoms with van der Waals surface area (Å²) in [7, 11) is 0. The molecule has 120 valence electrons. The van der Waals surface area contributed by atoms with Gasteiger partial charge in [-0.1, -0.05) is 31.0 Å². The lowest BCUT2D eigenvalue weighted by molar-refractivity contribution is -0.128. The summed E-state index contributed by atoms with van der Waals surface area (Å²) in [5.74, 6) is 0.184. The second-order valence-electron chi connectivity index (χ2n) is 5.37. The number of carbonyl (C=O) groups excluding carboxylic acids is 2. The monoisotopic (exact) mass is 333 g/mol. The number of rotatable bonds is 5. The second-order valence-corrected chi connectivity index (χ2v) is 5.81. The zero-order valence-electron chi connectivity index (χ0n) is 12.6. The molecule has 0 bridgehead atoms. The van der Waals surface area contributed by atoms with Crippen LogP contribution < -0.4 is 5.32 Å². The van der Waals surface area contributed by atoms with Crippen molar-refractivity contribution in [3.8, 4) is 11.5 Å². The largest absolute Gasteiger partial charge is 0.444 e. The number of hydrogen-bond donors (Lipinski definition) is 1. The summed E-state index contributed by atoms with van der Waals surface area (Å²) in [6.07, 6.45) is 2.91. The molecule has 3 amide bonds. The summed E-state index contributed by atoms with van der Waals surface area (Å²) in [4.78, 5) is 29.6. The maximum Gasteiger partial charge on any atom is 0.325 e. The Morgan fingerprint density at radius 2 is 2.22 bits per heavy atom. The van der Waals surface area contributed by atoms with Gasteiger partial charge in [0.25, 0.3) is 5.91 Å². The highest BCUT2D eigenvalue weighted by Crippen LogP contribution is 2.23. The minimum atomic E-state index is -0.438. The maximum atomic E-state index is 12.2. The lowest BCUT2D eigenvalue weighted by Gasteiger charge is -2.10. The van der Waals surface area contributed by atoms with Gasteiger partial charge in [-0.2, -0.15) is 0 Å². The zero-order chi connectivity index (χ0) is 16.4. The molecule has 0 spiro atoms. The van der Waals surface area contributed by atoms with E-state index in [1.54, 1.807) is 18.2 Å². The molecule has 2 aromatic rings. The van der Waals surface area contributed by atoms with Crippen LogP contribution in [0.5, 0.6) is 0 Å². The van der Waals surface area contributed by atoms with Gasteiger partial charge in [-0.25, -0.2) is 9.78 Å². The summed E-state index contributed by atoms with van der Waals surface area (Å²) >= 11 is 5.95. The molecule has 7 heteroatoms. The van der Waals surface area contributed by atoms with E-state index in [9.17, 15) is 9.59 Å². The molecule has 1 fully saturated rings. The lowest BCUT2D eigenvalue weighted by atomic mass is 10.2. The average Bonchev–Trinajstić information content (AvgIpc) is 3.09. The van der Waals surface area contributed by atoms with Crippen LogP contribution in [-0.2, 0) is 11.3 Å². The van der Waals surface area contributed by atoms with E-state index in [1.165, 1.54) is 11.2 Å². The first-order valence-electron chi connectivity index (χ1n) is 7.40. The van der Waals surface area contributed by atoms with Crippen LogP contribution >= 0.6 is 11.6 Å². The van der Waals surface area contributed by atoms with Crippen LogP contribution in [0.15, 0.2) is 34.9 Å². The summed E-state index contributed by atoms with van der Waals surface area (Å²) in [6.45, 7) is 2.06. The van der Waals surface area contributed by atoms with Crippen LogP contribution in [0.1, 0.15) is 25.5 Å². The van der Waals surface area contributed by atoms with Gasteiger partial charge in [-0.3, -0.25) is 9.69 Å². The van der Waals surface area contributed by atoms with E-state index >= 15 is 0 Å². The fourth-order valence-corrected chi connectivity index (χ4v) is 2.70. The SMILES string of the molecule is CCCC1NC(=O)N(Cc2coc(-c3cccc(Cl)c3)n2)C1=O. The molecule has 0 aliphatic carbocycles. The first-order valence-corrected chi connectivity index (χ1v) is 7.78. The summed E-state index contributed by atoms with van der Waals surface area (Å²) in [5.41, 5.74) is 1.26. The van der Waals surface area contributed by atoms with Crippen molar-refractivity contribution < 1.29 is 14.0 Å². The Bertz CT molecular complexity index is 744. The maximum absolute atomic E-state index is 12.2. The molecule has 1 unspecified atom stereocenters. The number of halogens is 1. The lowest BCUT2D eigenvalue weighted by Crippen LogP contribution is -2.31. The normalized spacial score (nSPS) is 17.7. The van der Waals surface area contributed by atoms with E-state index in [0.717, 1.165) is 12.0 Å². The van der Waals surface area contributed by atoms with Crippen LogP contribution in [0, 0.1) is 0 Å². The number of urea groups is 1. The third kappa shape index (κ3) is 3.22. The number of carbonyl (C=O) groups is 2. The first kappa shape index (κ1) is 15.6. The fraction of sp³-hybridized carbons (Fsp3) is 0.312. The van der Waals surface area contributed by atoms with Gasteiger partial charge in [0, 0.05) is 10.6 Å². The number of hydrogen-bond acceptors (Lipinski definition) is 4. The van der Waals surface area contributed by atoms with Crippen LogP contribution in [0.3, 0.4) is 0 Å². The number of nitrogens with zero attached hydrogens (tertiary/aromatic N) is 2. The molecule has 1 N–H and O–H groups in total. The number of imide groups is 1. The topological polar surface area (TPSA) is 75.4 Å². The van der Waals surface area contributed by atoms with Gasteiger partial charge in [-0.15, -0.1) is 0 Å². The molecule has 6 nitrogen and oxygen atoms in total. The van der Waals surface area contributed by atoms with Gasteiger partial charge in [0.15, 0.2) is 0 Å². The number of aromatic nitrogens is 1. The fourth-order valence-electron chi connectivity index (χ4n) is 2.51. The van der Waals surface area contributed by atoms with Crippen molar-refractivity contribution in [2.75, 3.05) is 0 Å². The van der Waals surface area contributed by atoms with Gasteiger partial charge in [0.2, 0.25) is 5.89 Å². The summed E-state index contributed by atoms with van der Waals surface area (Å²) in [6, 6.07) is 6.30. The van der Waals surface area contributed by atoms with Gasteiger partial charge in [-0.05, 0) is 24.6 Å². The first-order chi connectivity index (χ1) is 11.1. The van der Waals surface area contributed by atoms with E-state index in [4.69, 9.17) is 16.0 Å². The van der Waals surface area contributed by atoms with Gasteiger partial charge in [0.05, 0.1) is 12.2 Å². The minimum absolute atomic E-state index is 0.0922. The molecule has 23 heavy (non-hydrogen) atoms. The molecule has 0 saturated carbocycles. The third-order valence-corrected chi connectivity index (χ3v) is 3.86. The highest BCUT2D eigenvalue weighted by atomic mass is 35.5. The van der Waals surface area contributed by atoms with Gasteiger partial charge in [0.1, 0.15) is 12.3 Å². The number of oxazole rings is 1. The van der Waals surface area contributed by atoms with Crippen molar-refractivity contribution in [2.45, 2.75) is 32.4 Å². The van der Waals surface area contributed by atoms with E-state index in [1.807, 2.05) is 13.0 Å². The molecular formula is C16H16ClN3O3. The van der Waals surface area contributed by atoms with E-state index < -0.39 is 6.04 Å². The molecule has 1 aliphatic rings. The molecule has 1 aromatic heterocycles. The van der Waals surface area contributed by atoms with Crippen molar-refractivity contribution in [1.82, 2.24) is 15.2 Å². The van der Waals surface area contributed by atoms with Crippen LogP contribution in [0.25, 0.3) is 11.5 Å². The number of benzene rings is 1. The summed E-state index contributed by atoms with van der Waals surface area (Å²) < 4.78 is 5.42. The standard InChI is InChI=1S/C16H16ClN3O3/c1-2-4-13-15(21)20(16(22)19-13)8-12-9-23-14(18-12)10-5-3-6-11(17)7-10/h3,5-7,9,13H,2,4,8H2,1H3,(H,19,22). The molecule has 3 rings (SSSR count). The van der Waals surface area contributed by atoms with Crippen LogP contribution in [-0.4, -0.2) is 27.9 Å². The van der Waals surface area contributed by atoms with Gasteiger partial charge >= 0.3 is 6.03 Å². The van der Waals surface area contributed by atoms with Crippen molar-refractivity contribution >= 4 is 23.5 Å². The van der Waals surface area contributed by atoms with E-state index in [2.05, 4.69) is 10.3 Å². The van der Waals surface area contributed by atoms with E-state index in [-0.39, 0.29) is 18.5 Å². The van der Waals surface area contributed by atoms with Crippen LogP contribution in [0.4, 0.5) is 4.79 Å². The molecule has 1 saturated heterocycles. The molecule has 2 heterocycles. The molecular weight excluding hydrogens is 318 g/mol. The van der Waals surface area contributed by atoms with E-state index in [0.29, 0.717) is 23.0 Å². The molecule has 1 aliphatic heterocycles. The Balaban J connectivity index is 1.74. The number of nitrogens with one attached hydrogen (secondary N) is 1. The second kappa shape index (κ2) is 6.42. The van der Waals surface area contributed by atoms with Crippen molar-refractivity contribution in [2.24, 2.45) is 0 Å². The molecule has 1 aromatic carbocycles. The highest BCUT2D eigenvalue weighted by molar-refractivity contribution is 6.30. The molecule has 1 atom stereocenters. The van der Waals surface area contributed by atoms with Crippen molar-refractivity contribution in [3.05, 3.63) is 41.2 Å². The predicted molar refractivity (Wildman–Crippen MR) is 84.7 cm³/mol. The Morgan fingerprint density at radius 3 is 2.96 bits per heavy atom. The quantitative estimate of drug-likeness (QED) is 0.852. The Hall–Kier alpha value is -2.34. The molecule has 0 radical (unpaired) electrons. The Morgan fingerprint density at radius 1 is 1.39 bits per heavy atom. The number of amides is 3. The van der Waals surface area contributed by atoms with Crippen LogP contribution in [0.2, 0.25) is 5.02 Å². The zero-order valence-corrected chi connectivity index (χ0v) is 13.3. The smallest absolute Gasteiger partial charge is 0.325 e. The van der Waals surface area contributed by atoms with Crippen molar-refractivity contribution in [3.63, 3.8) is 0 Å². The average molecular weight is 334 g/mol. The Labute approximate surface area is 138 Å². The third-order valence-electron chi connectivity index (χ3n) is 3.63. The van der Waals surface area contributed by atoms with Gasteiger partial charge < -0.3 is 9.73 Å². The minimum Gasteiger partial charge on any atom is -0.444 e. The highest BCUT2D eigenvalue weighted by Gasteiger charge is 2.37.